The molecule has 0 bridgehead atoms. The summed E-state index contributed by atoms with van der Waals surface area (Å²) in [5.74, 6) is 1.43. The number of benzene rings is 2. The summed E-state index contributed by atoms with van der Waals surface area (Å²) in [6, 6.07) is 17.7. The molecule has 2 aromatic carbocycles. The first kappa shape index (κ1) is 18.2. The summed E-state index contributed by atoms with van der Waals surface area (Å²) in [5.41, 5.74) is 2.10. The van der Waals surface area contributed by atoms with E-state index >= 15 is 0 Å². The Morgan fingerprint density at radius 1 is 1.18 bits per heavy atom. The summed E-state index contributed by atoms with van der Waals surface area (Å²) in [4.78, 5) is 18.7. The molecule has 0 unspecified atom stereocenters. The lowest BCUT2D eigenvalue weighted by atomic mass is 10.1. The van der Waals surface area contributed by atoms with E-state index in [4.69, 9.17) is 9.47 Å². The smallest absolute Gasteiger partial charge is 0.226 e. The summed E-state index contributed by atoms with van der Waals surface area (Å²) in [5, 5.41) is 6.71. The number of hydrogen-bond donors (Lipinski definition) is 1. The summed E-state index contributed by atoms with van der Waals surface area (Å²) in [6.07, 6.45) is 1.73. The van der Waals surface area contributed by atoms with Gasteiger partial charge in [-0.2, -0.15) is 5.10 Å². The SMILES string of the molecule is O=C(CCOc1ccccc1-c1ccccc1)N1CCOC[C@H]1c1ncn[nH]1. The fraction of sp³-hybridized carbons (Fsp3) is 0.286. The Kier molecular flexibility index (Phi) is 5.63. The van der Waals surface area contributed by atoms with Crippen molar-refractivity contribution in [2.45, 2.75) is 12.5 Å². The van der Waals surface area contributed by atoms with Crippen LogP contribution in [0.2, 0.25) is 0 Å². The first-order chi connectivity index (χ1) is 13.8. The molecule has 1 aliphatic heterocycles. The van der Waals surface area contributed by atoms with Gasteiger partial charge in [0.05, 0.1) is 26.2 Å². The van der Waals surface area contributed by atoms with Gasteiger partial charge in [0.1, 0.15) is 23.9 Å². The number of nitrogens with one attached hydrogen (secondary N) is 1. The Hall–Kier alpha value is -3.19. The molecule has 1 aromatic heterocycles. The average molecular weight is 378 g/mol. The minimum absolute atomic E-state index is 0.0156. The minimum atomic E-state index is -0.236. The van der Waals surface area contributed by atoms with Gasteiger partial charge in [-0.15, -0.1) is 0 Å². The van der Waals surface area contributed by atoms with Crippen LogP contribution in [0.5, 0.6) is 5.75 Å². The maximum atomic E-state index is 12.8. The van der Waals surface area contributed by atoms with Gasteiger partial charge in [-0.3, -0.25) is 9.89 Å². The lowest BCUT2D eigenvalue weighted by Crippen LogP contribution is -2.44. The Balaban J connectivity index is 1.39. The van der Waals surface area contributed by atoms with Gasteiger partial charge in [0, 0.05) is 12.1 Å². The van der Waals surface area contributed by atoms with Crippen molar-refractivity contribution in [3.8, 4) is 16.9 Å². The van der Waals surface area contributed by atoms with E-state index in [0.29, 0.717) is 32.2 Å². The number of hydrogen-bond acceptors (Lipinski definition) is 5. The van der Waals surface area contributed by atoms with Crippen LogP contribution in [0.3, 0.4) is 0 Å². The molecular weight excluding hydrogens is 356 g/mol. The minimum Gasteiger partial charge on any atom is -0.492 e. The largest absolute Gasteiger partial charge is 0.492 e. The average Bonchev–Trinajstić information content (AvgIpc) is 3.29. The maximum absolute atomic E-state index is 12.8. The number of H-pyrrole nitrogens is 1. The fourth-order valence-corrected chi connectivity index (χ4v) is 3.34. The van der Waals surface area contributed by atoms with E-state index in [9.17, 15) is 4.79 Å². The van der Waals surface area contributed by atoms with Gasteiger partial charge in [0.25, 0.3) is 0 Å². The van der Waals surface area contributed by atoms with Crippen LogP contribution in [0, 0.1) is 0 Å². The highest BCUT2D eigenvalue weighted by atomic mass is 16.5. The van der Waals surface area contributed by atoms with Gasteiger partial charge in [-0.25, -0.2) is 4.98 Å². The molecule has 1 fully saturated rings. The Morgan fingerprint density at radius 3 is 2.82 bits per heavy atom. The molecule has 1 aliphatic rings. The van der Waals surface area contributed by atoms with E-state index in [-0.39, 0.29) is 18.4 Å². The van der Waals surface area contributed by atoms with Gasteiger partial charge in [-0.05, 0) is 11.6 Å². The van der Waals surface area contributed by atoms with Crippen molar-refractivity contribution in [2.75, 3.05) is 26.4 Å². The number of morpholine rings is 1. The molecule has 144 valence electrons. The summed E-state index contributed by atoms with van der Waals surface area (Å²) < 4.78 is 11.5. The Bertz CT molecular complexity index is 899. The zero-order chi connectivity index (χ0) is 19.2. The van der Waals surface area contributed by atoms with Crippen molar-refractivity contribution in [3.05, 3.63) is 66.7 Å². The van der Waals surface area contributed by atoms with Crippen molar-refractivity contribution in [3.63, 3.8) is 0 Å². The van der Waals surface area contributed by atoms with Crippen LogP contribution in [0.1, 0.15) is 18.3 Å². The van der Waals surface area contributed by atoms with Crippen LogP contribution in [-0.2, 0) is 9.53 Å². The van der Waals surface area contributed by atoms with Crippen molar-refractivity contribution < 1.29 is 14.3 Å². The molecule has 1 saturated heterocycles. The predicted molar refractivity (Wildman–Crippen MR) is 104 cm³/mol. The number of carbonyl (C=O) groups is 1. The van der Waals surface area contributed by atoms with E-state index in [1.807, 2.05) is 54.6 Å². The van der Waals surface area contributed by atoms with Crippen LogP contribution in [0.4, 0.5) is 0 Å². The second-order valence-corrected chi connectivity index (χ2v) is 6.51. The summed E-state index contributed by atoms with van der Waals surface area (Å²) in [7, 11) is 0. The third-order valence-electron chi connectivity index (χ3n) is 4.74. The van der Waals surface area contributed by atoms with Crippen molar-refractivity contribution in [1.82, 2.24) is 20.1 Å². The van der Waals surface area contributed by atoms with Crippen LogP contribution in [0.25, 0.3) is 11.1 Å². The van der Waals surface area contributed by atoms with Gasteiger partial charge >= 0.3 is 0 Å². The lowest BCUT2D eigenvalue weighted by Gasteiger charge is -2.34. The highest BCUT2D eigenvalue weighted by molar-refractivity contribution is 5.77. The van der Waals surface area contributed by atoms with E-state index in [1.54, 1.807) is 4.90 Å². The second kappa shape index (κ2) is 8.67. The molecule has 1 atom stereocenters. The molecule has 0 saturated carbocycles. The van der Waals surface area contributed by atoms with Crippen molar-refractivity contribution in [2.24, 2.45) is 0 Å². The zero-order valence-corrected chi connectivity index (χ0v) is 15.5. The Labute approximate surface area is 163 Å². The number of aromatic amines is 1. The van der Waals surface area contributed by atoms with Crippen LogP contribution >= 0.6 is 0 Å². The molecule has 0 aliphatic carbocycles. The quantitative estimate of drug-likeness (QED) is 0.713. The molecule has 7 nitrogen and oxygen atoms in total. The first-order valence-corrected chi connectivity index (χ1v) is 9.32. The molecular formula is C21H22N4O3. The first-order valence-electron chi connectivity index (χ1n) is 9.32. The number of para-hydroxylation sites is 1. The third kappa shape index (κ3) is 4.04. The molecule has 0 radical (unpaired) electrons. The standard InChI is InChI=1S/C21H22N4O3/c26-20(25-11-13-27-14-18(25)21-22-15-23-24-21)10-12-28-19-9-5-4-8-17(19)16-6-2-1-3-7-16/h1-9,15,18H,10-14H2,(H,22,23,24)/t18-/m0/s1. The molecule has 2 heterocycles. The predicted octanol–water partition coefficient (Wildman–Crippen LogP) is 2.84. The summed E-state index contributed by atoms with van der Waals surface area (Å²) in [6.45, 7) is 1.78. The van der Waals surface area contributed by atoms with Crippen molar-refractivity contribution in [1.29, 1.82) is 0 Å². The van der Waals surface area contributed by atoms with Crippen LogP contribution in [-0.4, -0.2) is 52.4 Å². The topological polar surface area (TPSA) is 80.3 Å². The molecule has 1 amide bonds. The number of carbonyl (C=O) groups excluding carboxylic acids is 1. The Morgan fingerprint density at radius 2 is 2.00 bits per heavy atom. The number of rotatable bonds is 6. The maximum Gasteiger partial charge on any atom is 0.226 e. The van der Waals surface area contributed by atoms with E-state index < -0.39 is 0 Å². The monoisotopic (exact) mass is 378 g/mol. The fourth-order valence-electron chi connectivity index (χ4n) is 3.34. The summed E-state index contributed by atoms with van der Waals surface area (Å²) >= 11 is 0. The van der Waals surface area contributed by atoms with E-state index in [0.717, 1.165) is 16.9 Å². The highest BCUT2D eigenvalue weighted by Crippen LogP contribution is 2.29. The normalized spacial score (nSPS) is 16.7. The highest BCUT2D eigenvalue weighted by Gasteiger charge is 2.30. The van der Waals surface area contributed by atoms with Gasteiger partial charge in [-0.1, -0.05) is 48.5 Å². The van der Waals surface area contributed by atoms with Crippen LogP contribution < -0.4 is 4.74 Å². The number of aromatic nitrogens is 3. The molecule has 3 aromatic rings. The van der Waals surface area contributed by atoms with E-state index in [2.05, 4.69) is 15.2 Å². The van der Waals surface area contributed by atoms with Gasteiger partial charge < -0.3 is 14.4 Å². The number of nitrogens with zero attached hydrogens (tertiary/aromatic N) is 3. The van der Waals surface area contributed by atoms with Gasteiger partial charge in [0.2, 0.25) is 5.91 Å². The van der Waals surface area contributed by atoms with Crippen LogP contribution in [0.15, 0.2) is 60.9 Å². The molecule has 28 heavy (non-hydrogen) atoms. The van der Waals surface area contributed by atoms with E-state index in [1.165, 1.54) is 6.33 Å². The zero-order valence-electron chi connectivity index (χ0n) is 15.5. The molecule has 1 N–H and O–H groups in total. The molecule has 4 rings (SSSR count). The molecule has 0 spiro atoms. The lowest BCUT2D eigenvalue weighted by molar-refractivity contribution is -0.141. The molecule has 7 heteroatoms. The van der Waals surface area contributed by atoms with Gasteiger partial charge in [0.15, 0.2) is 0 Å². The van der Waals surface area contributed by atoms with Crippen molar-refractivity contribution >= 4 is 5.91 Å². The third-order valence-corrected chi connectivity index (χ3v) is 4.74. The second-order valence-electron chi connectivity index (χ2n) is 6.51. The number of ether oxygens (including phenoxy) is 2. The number of amides is 1.